The van der Waals surface area contributed by atoms with Gasteiger partial charge in [0.2, 0.25) is 5.91 Å². The van der Waals surface area contributed by atoms with Crippen LogP contribution >= 0.6 is 0 Å². The van der Waals surface area contributed by atoms with Gasteiger partial charge in [0.1, 0.15) is 11.4 Å². The van der Waals surface area contributed by atoms with E-state index in [2.05, 4.69) is 52.3 Å². The zero-order valence-electron chi connectivity index (χ0n) is 18.6. The molecule has 0 bridgehead atoms. The highest BCUT2D eigenvalue weighted by atomic mass is 19.1. The minimum Gasteiger partial charge on any atom is -0.371 e. The van der Waals surface area contributed by atoms with Crippen LogP contribution in [0.1, 0.15) is 18.4 Å². The third kappa shape index (κ3) is 3.77. The SMILES string of the molecule is O=C1N(C[C@@H]2CO2)CN(c2ccc(F)cc2)C12CCN(Cc1cccc3ccccc13)CC2. The van der Waals surface area contributed by atoms with E-state index in [1.165, 1.54) is 28.5 Å². The van der Waals surface area contributed by atoms with E-state index in [1.807, 2.05) is 4.90 Å². The summed E-state index contributed by atoms with van der Waals surface area (Å²) in [5.74, 6) is -0.0707. The third-order valence-corrected chi connectivity index (χ3v) is 7.44. The van der Waals surface area contributed by atoms with Crippen LogP contribution in [0.2, 0.25) is 0 Å². The number of benzene rings is 3. The summed E-state index contributed by atoms with van der Waals surface area (Å²) in [4.78, 5) is 20.3. The van der Waals surface area contributed by atoms with Crippen LogP contribution < -0.4 is 4.90 Å². The molecule has 33 heavy (non-hydrogen) atoms. The summed E-state index contributed by atoms with van der Waals surface area (Å²) in [6.07, 6.45) is 1.68. The van der Waals surface area contributed by atoms with Gasteiger partial charge in [-0.2, -0.15) is 0 Å². The average Bonchev–Trinajstić information content (AvgIpc) is 3.63. The molecular formula is C27H28FN3O2. The third-order valence-electron chi connectivity index (χ3n) is 7.44. The second-order valence-corrected chi connectivity index (χ2v) is 9.47. The molecule has 1 amide bonds. The van der Waals surface area contributed by atoms with Crippen molar-refractivity contribution in [2.75, 3.05) is 37.8 Å². The highest BCUT2D eigenvalue weighted by Gasteiger charge is 2.54. The molecule has 0 unspecified atom stereocenters. The van der Waals surface area contributed by atoms with E-state index in [4.69, 9.17) is 4.74 Å². The molecule has 0 aliphatic carbocycles. The molecule has 3 aliphatic heterocycles. The predicted molar refractivity (Wildman–Crippen MR) is 126 cm³/mol. The number of halogens is 1. The molecular weight excluding hydrogens is 417 g/mol. The van der Waals surface area contributed by atoms with E-state index in [1.54, 1.807) is 12.1 Å². The maximum atomic E-state index is 13.7. The van der Waals surface area contributed by atoms with E-state index >= 15 is 0 Å². The van der Waals surface area contributed by atoms with Gasteiger partial charge < -0.3 is 14.5 Å². The first-order valence-corrected chi connectivity index (χ1v) is 11.8. The second-order valence-electron chi connectivity index (χ2n) is 9.47. The largest absolute Gasteiger partial charge is 0.371 e. The van der Waals surface area contributed by atoms with Crippen molar-refractivity contribution in [3.8, 4) is 0 Å². The number of fused-ring (bicyclic) bond motifs is 1. The average molecular weight is 446 g/mol. The quantitative estimate of drug-likeness (QED) is 0.556. The molecule has 0 radical (unpaired) electrons. The summed E-state index contributed by atoms with van der Waals surface area (Å²) in [6.45, 7) is 4.47. The Morgan fingerprint density at radius 2 is 1.70 bits per heavy atom. The lowest BCUT2D eigenvalue weighted by molar-refractivity contribution is -0.133. The highest BCUT2D eigenvalue weighted by molar-refractivity contribution is 5.93. The summed E-state index contributed by atoms with van der Waals surface area (Å²) in [5, 5.41) is 2.55. The summed E-state index contributed by atoms with van der Waals surface area (Å²) in [7, 11) is 0. The Hall–Kier alpha value is -2.96. The van der Waals surface area contributed by atoms with Gasteiger partial charge in [-0.25, -0.2) is 4.39 Å². The first kappa shape index (κ1) is 20.6. The first-order chi connectivity index (χ1) is 16.1. The van der Waals surface area contributed by atoms with E-state index in [9.17, 15) is 9.18 Å². The molecule has 1 atom stereocenters. The van der Waals surface area contributed by atoms with Crippen molar-refractivity contribution in [2.24, 2.45) is 0 Å². The first-order valence-electron chi connectivity index (χ1n) is 11.8. The molecule has 6 rings (SSSR count). The van der Waals surface area contributed by atoms with E-state index in [-0.39, 0.29) is 17.8 Å². The summed E-state index contributed by atoms with van der Waals surface area (Å²) >= 11 is 0. The van der Waals surface area contributed by atoms with Crippen LogP contribution in [-0.2, 0) is 16.1 Å². The molecule has 3 saturated heterocycles. The topological polar surface area (TPSA) is 39.3 Å². The van der Waals surface area contributed by atoms with E-state index in [0.29, 0.717) is 13.2 Å². The molecule has 3 aromatic carbocycles. The zero-order chi connectivity index (χ0) is 22.4. The van der Waals surface area contributed by atoms with Crippen LogP contribution in [0.25, 0.3) is 10.8 Å². The molecule has 1 spiro atoms. The van der Waals surface area contributed by atoms with Crippen LogP contribution in [0.5, 0.6) is 0 Å². The van der Waals surface area contributed by atoms with Crippen molar-refractivity contribution in [2.45, 2.75) is 31.0 Å². The second kappa shape index (κ2) is 8.12. The van der Waals surface area contributed by atoms with Crippen molar-refractivity contribution in [3.63, 3.8) is 0 Å². The summed E-state index contributed by atoms with van der Waals surface area (Å²) in [6, 6.07) is 21.5. The van der Waals surface area contributed by atoms with Gasteiger partial charge in [0.05, 0.1) is 25.9 Å². The number of anilines is 1. The fourth-order valence-corrected chi connectivity index (χ4v) is 5.53. The zero-order valence-corrected chi connectivity index (χ0v) is 18.6. The maximum Gasteiger partial charge on any atom is 0.250 e. The van der Waals surface area contributed by atoms with Gasteiger partial charge in [-0.1, -0.05) is 42.5 Å². The Balaban J connectivity index is 1.23. The maximum absolute atomic E-state index is 13.7. The van der Waals surface area contributed by atoms with Gasteiger partial charge in [0, 0.05) is 25.3 Å². The van der Waals surface area contributed by atoms with E-state index in [0.717, 1.165) is 44.8 Å². The monoisotopic (exact) mass is 445 g/mol. The fourth-order valence-electron chi connectivity index (χ4n) is 5.53. The number of epoxide rings is 1. The van der Waals surface area contributed by atoms with Crippen molar-refractivity contribution >= 4 is 22.4 Å². The van der Waals surface area contributed by atoms with Gasteiger partial charge >= 0.3 is 0 Å². The van der Waals surface area contributed by atoms with Gasteiger partial charge in [-0.3, -0.25) is 9.69 Å². The standard InChI is InChI=1S/C27H28FN3O2/c28-22-8-10-23(11-9-22)31-19-30(17-24-18-33-24)26(32)27(31)12-14-29(15-13-27)16-21-6-3-5-20-4-1-2-7-25(20)21/h1-11,24H,12-19H2/t24-/m1/s1. The number of nitrogens with zero attached hydrogens (tertiary/aromatic N) is 3. The fraction of sp³-hybridized carbons (Fsp3) is 0.370. The number of piperidine rings is 1. The molecule has 6 heteroatoms. The minimum atomic E-state index is -0.567. The summed E-state index contributed by atoms with van der Waals surface area (Å²) < 4.78 is 19.0. The molecule has 3 fully saturated rings. The Morgan fingerprint density at radius 3 is 2.45 bits per heavy atom. The number of hydrogen-bond acceptors (Lipinski definition) is 4. The van der Waals surface area contributed by atoms with Crippen molar-refractivity contribution in [1.82, 2.24) is 9.80 Å². The molecule has 3 aliphatic rings. The van der Waals surface area contributed by atoms with Gasteiger partial charge in [0.25, 0.3) is 0 Å². The molecule has 0 aromatic heterocycles. The van der Waals surface area contributed by atoms with Crippen LogP contribution in [0, 0.1) is 5.82 Å². The smallest absolute Gasteiger partial charge is 0.250 e. The van der Waals surface area contributed by atoms with Gasteiger partial charge in [-0.05, 0) is 53.4 Å². The number of likely N-dealkylation sites (tertiary alicyclic amines) is 1. The molecule has 3 aromatic rings. The van der Waals surface area contributed by atoms with Crippen LogP contribution in [0.15, 0.2) is 66.7 Å². The van der Waals surface area contributed by atoms with Gasteiger partial charge in [0.15, 0.2) is 0 Å². The Morgan fingerprint density at radius 1 is 0.970 bits per heavy atom. The number of hydrogen-bond donors (Lipinski definition) is 0. The van der Waals surface area contributed by atoms with E-state index < -0.39 is 5.54 Å². The van der Waals surface area contributed by atoms with Gasteiger partial charge in [-0.15, -0.1) is 0 Å². The predicted octanol–water partition coefficient (Wildman–Crippen LogP) is 4.02. The Labute approximate surface area is 193 Å². The van der Waals surface area contributed by atoms with Crippen molar-refractivity contribution in [3.05, 3.63) is 78.1 Å². The number of carbonyl (C=O) groups excluding carboxylic acids is 1. The molecule has 5 nitrogen and oxygen atoms in total. The van der Waals surface area contributed by atoms with Crippen LogP contribution in [0.4, 0.5) is 10.1 Å². The lowest BCUT2D eigenvalue weighted by atomic mass is 9.85. The molecule has 0 N–H and O–H groups in total. The number of amides is 1. The summed E-state index contributed by atoms with van der Waals surface area (Å²) in [5.41, 5.74) is 1.67. The highest BCUT2D eigenvalue weighted by Crippen LogP contribution is 2.40. The van der Waals surface area contributed by atoms with Crippen molar-refractivity contribution < 1.29 is 13.9 Å². The Kier molecular flexibility index (Phi) is 5.07. The molecule has 0 saturated carbocycles. The van der Waals surface area contributed by atoms with Crippen LogP contribution in [0.3, 0.4) is 0 Å². The molecule has 3 heterocycles. The number of carbonyl (C=O) groups is 1. The number of rotatable bonds is 5. The Bertz CT molecular complexity index is 1160. The molecule has 170 valence electrons. The van der Waals surface area contributed by atoms with Crippen molar-refractivity contribution in [1.29, 1.82) is 0 Å². The minimum absolute atomic E-state index is 0.158. The number of ether oxygens (including phenoxy) is 1. The normalized spacial score (nSPS) is 22.5. The lowest BCUT2D eigenvalue weighted by Crippen LogP contribution is -2.56. The van der Waals surface area contributed by atoms with Crippen LogP contribution in [-0.4, -0.2) is 60.3 Å². The lowest BCUT2D eigenvalue weighted by Gasteiger charge is -2.43.